The first-order valence-corrected chi connectivity index (χ1v) is 11.7. The summed E-state index contributed by atoms with van der Waals surface area (Å²) >= 11 is 0. The molecule has 0 bridgehead atoms. The number of ketones is 1. The predicted octanol–water partition coefficient (Wildman–Crippen LogP) is 5.08. The molecule has 36 heavy (non-hydrogen) atoms. The van der Waals surface area contributed by atoms with E-state index in [2.05, 4.69) is 14.4 Å². The van der Waals surface area contributed by atoms with Crippen molar-refractivity contribution in [2.75, 3.05) is 0 Å². The minimum Gasteiger partial charge on any atom is -0.506 e. The van der Waals surface area contributed by atoms with Crippen LogP contribution in [0.1, 0.15) is 35.1 Å². The van der Waals surface area contributed by atoms with Crippen molar-refractivity contribution in [3.05, 3.63) is 95.1 Å². The number of allylic oxidation sites excluding steroid dienone is 1. The van der Waals surface area contributed by atoms with Crippen molar-refractivity contribution in [2.24, 2.45) is 10.1 Å². The van der Waals surface area contributed by atoms with E-state index in [0.29, 0.717) is 17.1 Å². The second kappa shape index (κ2) is 10.2. The lowest BCUT2D eigenvalue weighted by Gasteiger charge is -2.11. The van der Waals surface area contributed by atoms with Gasteiger partial charge in [-0.15, -0.1) is 0 Å². The van der Waals surface area contributed by atoms with Crippen LogP contribution in [0.25, 0.3) is 22.4 Å². The van der Waals surface area contributed by atoms with E-state index in [9.17, 15) is 27.3 Å². The van der Waals surface area contributed by atoms with Gasteiger partial charge in [-0.3, -0.25) is 4.79 Å². The van der Waals surface area contributed by atoms with Gasteiger partial charge in [-0.1, -0.05) is 19.1 Å². The van der Waals surface area contributed by atoms with Gasteiger partial charge in [0, 0.05) is 12.0 Å². The number of aromatic amines is 1. The molecule has 0 saturated heterocycles. The number of carbonyl (C=O) groups is 1. The fourth-order valence-corrected chi connectivity index (χ4v) is 4.26. The van der Waals surface area contributed by atoms with Crippen LogP contribution in [-0.2, 0) is 11.0 Å². The second-order valence-electron chi connectivity index (χ2n) is 7.61. The van der Waals surface area contributed by atoms with Gasteiger partial charge >= 0.3 is 0 Å². The number of nitrogens with zero attached hydrogens (tertiary/aromatic N) is 2. The van der Waals surface area contributed by atoms with E-state index >= 15 is 0 Å². The largest absolute Gasteiger partial charge is 0.506 e. The summed E-state index contributed by atoms with van der Waals surface area (Å²) in [5, 5.41) is 11.2. The molecule has 0 saturated carbocycles. The monoisotopic (exact) mass is 512 g/mol. The maximum absolute atomic E-state index is 14.5. The summed E-state index contributed by atoms with van der Waals surface area (Å²) in [5.41, 5.74) is 5.27. The third-order valence-corrected chi connectivity index (χ3v) is 6.31. The molecule has 7 nitrogen and oxygen atoms in total. The zero-order valence-corrected chi connectivity index (χ0v) is 19.6. The molecule has 1 atom stereocenters. The first kappa shape index (κ1) is 24.9. The number of fused-ring (bicyclic) bond motifs is 1. The highest BCUT2D eigenvalue weighted by Gasteiger charge is 2.27. The van der Waals surface area contributed by atoms with Crippen LogP contribution in [0.15, 0.2) is 70.0 Å². The molecule has 1 heterocycles. The maximum Gasteiger partial charge on any atom is 0.203 e. The molecule has 1 aromatic heterocycles. The van der Waals surface area contributed by atoms with Crippen molar-refractivity contribution in [3.63, 3.8) is 0 Å². The first-order chi connectivity index (χ1) is 17.2. The summed E-state index contributed by atoms with van der Waals surface area (Å²) in [6, 6.07) is 12.2. The van der Waals surface area contributed by atoms with E-state index in [1.54, 1.807) is 31.2 Å². The molecule has 4 N–H and O–H groups in total. The normalized spacial score (nSPS) is 13.5. The predicted molar refractivity (Wildman–Crippen MR) is 131 cm³/mol. The van der Waals surface area contributed by atoms with Gasteiger partial charge < -0.3 is 15.8 Å². The molecule has 0 aliphatic rings. The molecular weight excluding hydrogens is 493 g/mol. The van der Waals surface area contributed by atoms with Crippen molar-refractivity contribution >= 4 is 45.0 Å². The quantitative estimate of drug-likeness (QED) is 0.105. The Morgan fingerprint density at radius 2 is 1.81 bits per heavy atom. The minimum atomic E-state index is -2.24. The number of halogens is 3. The Bertz CT molecular complexity index is 1550. The summed E-state index contributed by atoms with van der Waals surface area (Å²) in [5.74, 6) is -4.69. The number of imidazole rings is 1. The third kappa shape index (κ3) is 4.91. The van der Waals surface area contributed by atoms with Crippen LogP contribution in [0.5, 0.6) is 0 Å². The lowest BCUT2D eigenvalue weighted by Crippen LogP contribution is -2.11. The number of H-pyrrole nitrogens is 1. The Labute approximate surface area is 205 Å². The van der Waals surface area contributed by atoms with Gasteiger partial charge in [0.2, 0.25) is 5.78 Å². The highest BCUT2D eigenvalue weighted by molar-refractivity contribution is 7.83. The number of aliphatic hydroxyl groups excluding tert-OH is 1. The molecule has 0 aliphatic carbocycles. The van der Waals surface area contributed by atoms with Gasteiger partial charge in [0.25, 0.3) is 0 Å². The number of para-hydroxylation sites is 2. The molecule has 3 aromatic carbocycles. The van der Waals surface area contributed by atoms with E-state index in [0.717, 1.165) is 30.3 Å². The SMILES string of the molecule is CC/C(N)=N/S(=O)c1cc(/C(O)=C(\C(=O)c2cc(F)ccc2F)c2nc3ccccc3[nH]2)ccc1F. The van der Waals surface area contributed by atoms with Crippen LogP contribution in [-0.4, -0.2) is 30.9 Å². The Morgan fingerprint density at radius 3 is 2.53 bits per heavy atom. The van der Waals surface area contributed by atoms with Crippen LogP contribution >= 0.6 is 0 Å². The van der Waals surface area contributed by atoms with Crippen molar-refractivity contribution < 1.29 is 27.3 Å². The summed E-state index contributed by atoms with van der Waals surface area (Å²) in [4.78, 5) is 20.2. The van der Waals surface area contributed by atoms with Crippen molar-refractivity contribution in [1.82, 2.24) is 9.97 Å². The van der Waals surface area contributed by atoms with Gasteiger partial charge in [0.05, 0.1) is 21.5 Å². The van der Waals surface area contributed by atoms with Crippen LogP contribution in [0.4, 0.5) is 13.2 Å². The zero-order valence-electron chi connectivity index (χ0n) is 18.8. The molecule has 0 spiro atoms. The Hall–Kier alpha value is -4.25. The number of aromatic nitrogens is 2. The number of carbonyl (C=O) groups excluding carboxylic acids is 1. The fraction of sp³-hybridized carbons (Fsp3) is 0.0800. The van der Waals surface area contributed by atoms with Gasteiger partial charge in [-0.05, 0) is 48.5 Å². The second-order valence-corrected chi connectivity index (χ2v) is 8.73. The molecule has 11 heteroatoms. The standard InChI is InChI=1S/C25H19F3N4O3S/c1-2-21(29)32-36(35)20-11-13(7-9-17(20)28)23(33)22(24(34)15-12-14(26)8-10-16(15)27)25-30-18-5-3-4-6-19(18)31-25/h3-12,33H,2H2,1H3,(H2,29,32)(H,30,31)/b23-22-. The number of nitrogens with one attached hydrogen (secondary N) is 1. The zero-order chi connectivity index (χ0) is 26.0. The lowest BCUT2D eigenvalue weighted by atomic mass is 9.98. The summed E-state index contributed by atoms with van der Waals surface area (Å²) in [6.45, 7) is 1.67. The fourth-order valence-electron chi connectivity index (χ4n) is 3.35. The summed E-state index contributed by atoms with van der Waals surface area (Å²) in [6.07, 6.45) is 0.280. The van der Waals surface area contributed by atoms with Crippen molar-refractivity contribution in [1.29, 1.82) is 0 Å². The Kier molecular flexibility index (Phi) is 7.02. The molecule has 0 fully saturated rings. The number of hydrogen-bond donors (Lipinski definition) is 3. The number of amidine groups is 1. The number of rotatable bonds is 7. The molecule has 0 aliphatic heterocycles. The van der Waals surface area contributed by atoms with Gasteiger partial charge in [0.1, 0.15) is 40.4 Å². The van der Waals surface area contributed by atoms with Crippen LogP contribution in [0.2, 0.25) is 0 Å². The highest BCUT2D eigenvalue weighted by atomic mass is 32.2. The van der Waals surface area contributed by atoms with Crippen LogP contribution in [0.3, 0.4) is 0 Å². The van der Waals surface area contributed by atoms with Gasteiger partial charge in [-0.2, -0.15) is 4.40 Å². The summed E-state index contributed by atoms with van der Waals surface area (Å²) in [7, 11) is -2.24. The minimum absolute atomic E-state index is 0.0256. The molecule has 0 radical (unpaired) electrons. The lowest BCUT2D eigenvalue weighted by molar-refractivity contribution is 0.105. The number of aliphatic hydroxyl groups is 1. The molecule has 0 amide bonds. The highest BCUT2D eigenvalue weighted by Crippen LogP contribution is 2.30. The van der Waals surface area contributed by atoms with Crippen LogP contribution in [0, 0.1) is 17.5 Å². The average molecular weight is 513 g/mol. The van der Waals surface area contributed by atoms with E-state index in [1.165, 1.54) is 0 Å². The molecule has 1 unspecified atom stereocenters. The molecular formula is C25H19F3N4O3S. The number of Topliss-reactive ketones (excluding diaryl/α,β-unsaturated/α-hetero) is 1. The topological polar surface area (TPSA) is 121 Å². The van der Waals surface area contributed by atoms with Gasteiger partial charge in [0.15, 0.2) is 11.0 Å². The Balaban J connectivity index is 1.94. The van der Waals surface area contributed by atoms with Crippen molar-refractivity contribution in [3.8, 4) is 0 Å². The average Bonchev–Trinajstić information content (AvgIpc) is 3.29. The van der Waals surface area contributed by atoms with E-state index in [-0.39, 0.29) is 23.6 Å². The smallest absolute Gasteiger partial charge is 0.203 e. The van der Waals surface area contributed by atoms with E-state index in [1.807, 2.05) is 0 Å². The third-order valence-electron chi connectivity index (χ3n) is 5.22. The number of hydrogen-bond acceptors (Lipinski definition) is 4. The molecule has 184 valence electrons. The first-order valence-electron chi connectivity index (χ1n) is 10.6. The molecule has 4 rings (SSSR count). The van der Waals surface area contributed by atoms with Crippen LogP contribution < -0.4 is 5.73 Å². The Morgan fingerprint density at radius 1 is 1.08 bits per heavy atom. The number of benzene rings is 3. The van der Waals surface area contributed by atoms with E-state index < -0.39 is 56.0 Å². The maximum atomic E-state index is 14.5. The summed E-state index contributed by atoms with van der Waals surface area (Å²) < 4.78 is 59.1. The number of nitrogens with two attached hydrogens (primary N) is 1. The van der Waals surface area contributed by atoms with Gasteiger partial charge in [-0.25, -0.2) is 22.4 Å². The van der Waals surface area contributed by atoms with E-state index in [4.69, 9.17) is 5.73 Å². The van der Waals surface area contributed by atoms with Crippen molar-refractivity contribution in [2.45, 2.75) is 18.2 Å². The molecule has 4 aromatic rings.